The number of benzene rings is 1. The number of rotatable bonds is 6. The third-order valence-electron chi connectivity index (χ3n) is 3.57. The maximum absolute atomic E-state index is 4.57. The minimum Gasteiger partial charge on any atom is -0.370 e. The first kappa shape index (κ1) is 16.3. The molecule has 0 unspecified atom stereocenters. The standard InChI is InChI=1S/C18H26N4/c1-6-10-19-16-11-14(5)20-18(21-16)22-17-13(4)8-7-9-15(17)12(2)3/h7-9,11-12H,6,10H2,1-5H3,(H2,19,20,21,22). The molecule has 118 valence electrons. The van der Waals surface area contributed by atoms with Crippen LogP contribution >= 0.6 is 0 Å². The van der Waals surface area contributed by atoms with E-state index in [4.69, 9.17) is 0 Å². The van der Waals surface area contributed by atoms with Gasteiger partial charge < -0.3 is 10.6 Å². The molecule has 0 saturated heterocycles. The zero-order valence-electron chi connectivity index (χ0n) is 14.2. The molecule has 4 nitrogen and oxygen atoms in total. The van der Waals surface area contributed by atoms with Gasteiger partial charge in [-0.1, -0.05) is 39.0 Å². The van der Waals surface area contributed by atoms with Gasteiger partial charge in [-0.25, -0.2) is 4.98 Å². The average Bonchev–Trinajstić information content (AvgIpc) is 2.46. The number of aryl methyl sites for hydroxylation is 2. The summed E-state index contributed by atoms with van der Waals surface area (Å²) in [5.74, 6) is 1.97. The fourth-order valence-corrected chi connectivity index (χ4v) is 2.42. The number of nitrogens with one attached hydrogen (secondary N) is 2. The maximum atomic E-state index is 4.57. The van der Waals surface area contributed by atoms with E-state index in [0.717, 1.165) is 30.2 Å². The molecule has 0 saturated carbocycles. The second-order valence-electron chi connectivity index (χ2n) is 5.96. The van der Waals surface area contributed by atoms with Gasteiger partial charge in [0.15, 0.2) is 0 Å². The van der Waals surface area contributed by atoms with Gasteiger partial charge in [0.2, 0.25) is 5.95 Å². The van der Waals surface area contributed by atoms with Crippen LogP contribution in [0.25, 0.3) is 0 Å². The Hall–Kier alpha value is -2.10. The van der Waals surface area contributed by atoms with Crippen LogP contribution in [0.5, 0.6) is 0 Å². The maximum Gasteiger partial charge on any atom is 0.229 e. The van der Waals surface area contributed by atoms with Crippen molar-refractivity contribution in [1.29, 1.82) is 0 Å². The summed E-state index contributed by atoms with van der Waals surface area (Å²) < 4.78 is 0. The zero-order chi connectivity index (χ0) is 16.1. The van der Waals surface area contributed by atoms with E-state index in [1.165, 1.54) is 11.1 Å². The summed E-state index contributed by atoms with van der Waals surface area (Å²) in [6, 6.07) is 8.34. The number of aromatic nitrogens is 2. The van der Waals surface area contributed by atoms with Crippen molar-refractivity contribution in [3.05, 3.63) is 41.1 Å². The van der Waals surface area contributed by atoms with Gasteiger partial charge in [-0.15, -0.1) is 0 Å². The minimum atomic E-state index is 0.449. The van der Waals surface area contributed by atoms with Gasteiger partial charge >= 0.3 is 0 Å². The van der Waals surface area contributed by atoms with Crippen LogP contribution in [-0.4, -0.2) is 16.5 Å². The molecule has 0 aliphatic carbocycles. The predicted molar refractivity (Wildman–Crippen MR) is 94.1 cm³/mol. The third-order valence-corrected chi connectivity index (χ3v) is 3.57. The fraction of sp³-hybridized carbons (Fsp3) is 0.444. The Labute approximate surface area is 133 Å². The van der Waals surface area contributed by atoms with Crippen molar-refractivity contribution >= 4 is 17.5 Å². The highest BCUT2D eigenvalue weighted by Crippen LogP contribution is 2.29. The average molecular weight is 298 g/mol. The van der Waals surface area contributed by atoms with Crippen LogP contribution in [-0.2, 0) is 0 Å². The van der Waals surface area contributed by atoms with Crippen LogP contribution in [0.4, 0.5) is 17.5 Å². The van der Waals surface area contributed by atoms with Crippen molar-refractivity contribution in [3.8, 4) is 0 Å². The minimum absolute atomic E-state index is 0.449. The number of nitrogens with zero attached hydrogens (tertiary/aromatic N) is 2. The Morgan fingerprint density at radius 3 is 2.59 bits per heavy atom. The van der Waals surface area contributed by atoms with Gasteiger partial charge in [-0.3, -0.25) is 0 Å². The lowest BCUT2D eigenvalue weighted by Crippen LogP contribution is -2.08. The highest BCUT2D eigenvalue weighted by molar-refractivity contribution is 5.64. The van der Waals surface area contributed by atoms with E-state index in [-0.39, 0.29) is 0 Å². The molecule has 1 aromatic heterocycles. The molecule has 0 fully saturated rings. The van der Waals surface area contributed by atoms with E-state index in [0.29, 0.717) is 11.9 Å². The van der Waals surface area contributed by atoms with E-state index in [2.05, 4.69) is 66.5 Å². The Bertz CT molecular complexity index is 635. The van der Waals surface area contributed by atoms with E-state index in [1.54, 1.807) is 0 Å². The van der Waals surface area contributed by atoms with Crippen LogP contribution < -0.4 is 10.6 Å². The molecular formula is C18H26N4. The Balaban J connectivity index is 2.33. The van der Waals surface area contributed by atoms with Gasteiger partial charge in [0, 0.05) is 24.0 Å². The lowest BCUT2D eigenvalue weighted by Gasteiger charge is -2.17. The van der Waals surface area contributed by atoms with Gasteiger partial charge in [0.25, 0.3) is 0 Å². The number of hydrogen-bond acceptors (Lipinski definition) is 4. The van der Waals surface area contributed by atoms with Gasteiger partial charge in [-0.05, 0) is 37.3 Å². The first-order chi connectivity index (χ1) is 10.5. The van der Waals surface area contributed by atoms with Crippen molar-refractivity contribution < 1.29 is 0 Å². The molecule has 1 aromatic carbocycles. The molecule has 2 rings (SSSR count). The Morgan fingerprint density at radius 1 is 1.14 bits per heavy atom. The zero-order valence-corrected chi connectivity index (χ0v) is 14.2. The summed E-state index contributed by atoms with van der Waals surface area (Å²) >= 11 is 0. The molecule has 4 heteroatoms. The second kappa shape index (κ2) is 7.25. The molecule has 2 N–H and O–H groups in total. The van der Waals surface area contributed by atoms with Gasteiger partial charge in [-0.2, -0.15) is 4.98 Å². The van der Waals surface area contributed by atoms with Crippen molar-refractivity contribution in [2.75, 3.05) is 17.2 Å². The van der Waals surface area contributed by atoms with Crippen molar-refractivity contribution in [1.82, 2.24) is 9.97 Å². The van der Waals surface area contributed by atoms with Crippen molar-refractivity contribution in [2.24, 2.45) is 0 Å². The molecule has 0 aliphatic rings. The first-order valence-corrected chi connectivity index (χ1v) is 7.97. The van der Waals surface area contributed by atoms with E-state index < -0.39 is 0 Å². The molecule has 22 heavy (non-hydrogen) atoms. The summed E-state index contributed by atoms with van der Waals surface area (Å²) in [6.45, 7) is 11.6. The summed E-state index contributed by atoms with van der Waals surface area (Å²) in [4.78, 5) is 9.09. The largest absolute Gasteiger partial charge is 0.370 e. The van der Waals surface area contributed by atoms with E-state index in [1.807, 2.05) is 13.0 Å². The first-order valence-electron chi connectivity index (χ1n) is 7.97. The highest BCUT2D eigenvalue weighted by atomic mass is 15.1. The molecule has 0 bridgehead atoms. The third kappa shape index (κ3) is 3.97. The topological polar surface area (TPSA) is 49.8 Å². The molecule has 0 aliphatic heterocycles. The number of para-hydroxylation sites is 1. The molecule has 0 atom stereocenters. The van der Waals surface area contributed by atoms with Crippen LogP contribution in [0.1, 0.15) is 49.9 Å². The quantitative estimate of drug-likeness (QED) is 0.805. The lowest BCUT2D eigenvalue weighted by atomic mass is 9.98. The van der Waals surface area contributed by atoms with E-state index >= 15 is 0 Å². The summed E-state index contributed by atoms with van der Waals surface area (Å²) in [5.41, 5.74) is 4.56. The Morgan fingerprint density at radius 2 is 1.91 bits per heavy atom. The summed E-state index contributed by atoms with van der Waals surface area (Å²) in [6.07, 6.45) is 1.07. The van der Waals surface area contributed by atoms with Crippen LogP contribution in [0.2, 0.25) is 0 Å². The smallest absolute Gasteiger partial charge is 0.229 e. The van der Waals surface area contributed by atoms with Crippen molar-refractivity contribution in [2.45, 2.75) is 47.0 Å². The predicted octanol–water partition coefficient (Wildman–Crippen LogP) is 4.78. The van der Waals surface area contributed by atoms with E-state index in [9.17, 15) is 0 Å². The molecule has 0 radical (unpaired) electrons. The lowest BCUT2D eigenvalue weighted by molar-refractivity contribution is 0.866. The molecule has 2 aromatic rings. The van der Waals surface area contributed by atoms with Gasteiger partial charge in [0.05, 0.1) is 0 Å². The highest BCUT2D eigenvalue weighted by Gasteiger charge is 2.11. The molecule has 0 amide bonds. The summed E-state index contributed by atoms with van der Waals surface area (Å²) in [7, 11) is 0. The van der Waals surface area contributed by atoms with Crippen LogP contribution in [0.3, 0.4) is 0 Å². The number of hydrogen-bond donors (Lipinski definition) is 2. The SMILES string of the molecule is CCCNc1cc(C)nc(Nc2c(C)cccc2C(C)C)n1. The molecule has 0 spiro atoms. The molecule has 1 heterocycles. The Kier molecular flexibility index (Phi) is 5.36. The van der Waals surface area contributed by atoms with Gasteiger partial charge in [0.1, 0.15) is 5.82 Å². The van der Waals surface area contributed by atoms with Crippen LogP contribution in [0.15, 0.2) is 24.3 Å². The van der Waals surface area contributed by atoms with Crippen molar-refractivity contribution in [3.63, 3.8) is 0 Å². The molecular weight excluding hydrogens is 272 g/mol. The fourth-order valence-electron chi connectivity index (χ4n) is 2.42. The summed E-state index contributed by atoms with van der Waals surface area (Å²) in [5, 5.41) is 6.74. The normalized spacial score (nSPS) is 10.8. The monoisotopic (exact) mass is 298 g/mol. The second-order valence-corrected chi connectivity index (χ2v) is 5.96. The van der Waals surface area contributed by atoms with Crippen LogP contribution in [0, 0.1) is 13.8 Å². The number of anilines is 3.